The van der Waals surface area contributed by atoms with E-state index in [4.69, 9.17) is 28.4 Å². The maximum atomic E-state index is 13.9. The smallest absolute Gasteiger partial charge is 0.407 e. The molecule has 272 valence electrons. The number of nitrogens with zero attached hydrogens (tertiary/aromatic N) is 1. The summed E-state index contributed by atoms with van der Waals surface area (Å²) in [6.45, 7) is 5.98. The van der Waals surface area contributed by atoms with E-state index in [1.165, 1.54) is 22.5 Å². The normalized spacial score (nSPS) is 22.1. The van der Waals surface area contributed by atoms with Gasteiger partial charge in [0.2, 0.25) is 26.8 Å². The van der Waals surface area contributed by atoms with E-state index in [0.29, 0.717) is 35.8 Å². The maximum absolute atomic E-state index is 13.9. The zero-order valence-electron chi connectivity index (χ0n) is 27.9. The minimum atomic E-state index is -4.10. The summed E-state index contributed by atoms with van der Waals surface area (Å²) in [5, 5.41) is 14.4. The quantitative estimate of drug-likeness (QED) is 0.228. The highest BCUT2D eigenvalue weighted by atomic mass is 32.2. The molecule has 2 aromatic rings. The summed E-state index contributed by atoms with van der Waals surface area (Å²) < 4.78 is 87.7. The van der Waals surface area contributed by atoms with Crippen molar-refractivity contribution < 1.29 is 55.2 Å². The molecule has 0 saturated carbocycles. The van der Waals surface area contributed by atoms with Crippen molar-refractivity contribution >= 4 is 26.1 Å². The van der Waals surface area contributed by atoms with Crippen LogP contribution < -0.4 is 24.2 Å². The topological polar surface area (TPSA) is 188 Å². The lowest BCUT2D eigenvalue weighted by atomic mass is 10.0. The predicted molar refractivity (Wildman–Crippen MR) is 176 cm³/mol. The number of hydrogen-bond donors (Lipinski definition) is 3. The molecule has 15 nitrogen and oxygen atoms in total. The highest BCUT2D eigenvalue weighted by Crippen LogP contribution is 2.35. The van der Waals surface area contributed by atoms with Gasteiger partial charge in [-0.25, -0.2) is 26.4 Å². The van der Waals surface area contributed by atoms with Gasteiger partial charge in [-0.3, -0.25) is 0 Å². The van der Waals surface area contributed by atoms with Gasteiger partial charge in [-0.15, -0.1) is 0 Å². The third kappa shape index (κ3) is 9.96. The van der Waals surface area contributed by atoms with Gasteiger partial charge in [0.05, 0.1) is 48.5 Å². The number of alkyl carbamates (subject to hydrolysis) is 1. The number of ether oxygens (including phenoxy) is 6. The van der Waals surface area contributed by atoms with Crippen LogP contribution in [0.25, 0.3) is 0 Å². The molecule has 49 heavy (non-hydrogen) atoms. The van der Waals surface area contributed by atoms with E-state index in [2.05, 4.69) is 10.0 Å². The number of fused-ring (bicyclic) bond motifs is 2. The molecule has 3 aliphatic heterocycles. The van der Waals surface area contributed by atoms with Crippen LogP contribution in [0.4, 0.5) is 4.79 Å². The van der Waals surface area contributed by atoms with Gasteiger partial charge < -0.3 is 38.8 Å². The van der Waals surface area contributed by atoms with E-state index < -0.39 is 56.7 Å². The number of rotatable bonds is 16. The SMILES string of the molecule is CC(C)CN(C[C@@H](O)[C@H](Cc1ccc(OCC(C)NS(C)(=O)=O)cc1)NC(=O)O[C@H]1CO[C@H]2OCC[C@H]21)S(=O)(=O)c1ccc2c(c1)OCO2. The summed E-state index contributed by atoms with van der Waals surface area (Å²) in [4.78, 5) is 13.2. The Morgan fingerprint density at radius 1 is 1.02 bits per heavy atom. The monoisotopic (exact) mass is 727 g/mol. The molecule has 1 amide bonds. The number of sulfonamides is 2. The average Bonchev–Trinajstić information content (AvgIpc) is 3.77. The van der Waals surface area contributed by atoms with Gasteiger partial charge in [-0.2, -0.15) is 4.31 Å². The molecule has 0 radical (unpaired) electrons. The Morgan fingerprint density at radius 3 is 2.47 bits per heavy atom. The molecular weight excluding hydrogens is 682 g/mol. The Morgan fingerprint density at radius 2 is 1.76 bits per heavy atom. The fourth-order valence-corrected chi connectivity index (χ4v) is 8.39. The summed E-state index contributed by atoms with van der Waals surface area (Å²) >= 11 is 0. The molecule has 3 heterocycles. The van der Waals surface area contributed by atoms with Crippen molar-refractivity contribution in [3.05, 3.63) is 48.0 Å². The molecular formula is C32H45N3O12S2. The first-order valence-electron chi connectivity index (χ1n) is 16.1. The second kappa shape index (κ2) is 15.8. The Balaban J connectivity index is 1.31. The molecule has 2 aromatic carbocycles. The Kier molecular flexibility index (Phi) is 11.9. The molecule has 2 fully saturated rings. The van der Waals surface area contributed by atoms with Gasteiger partial charge in [0.25, 0.3) is 0 Å². The number of benzene rings is 2. The molecule has 1 unspecified atom stereocenters. The number of aliphatic hydroxyl groups is 1. The number of amides is 1. The fraction of sp³-hybridized carbons (Fsp3) is 0.594. The van der Waals surface area contributed by atoms with E-state index in [1.807, 2.05) is 13.8 Å². The van der Waals surface area contributed by atoms with Crippen molar-refractivity contribution in [2.45, 2.75) is 69.1 Å². The lowest BCUT2D eigenvalue weighted by Crippen LogP contribution is -2.51. The molecule has 0 spiro atoms. The first-order valence-corrected chi connectivity index (χ1v) is 19.5. The van der Waals surface area contributed by atoms with Crippen LogP contribution >= 0.6 is 0 Å². The van der Waals surface area contributed by atoms with Crippen molar-refractivity contribution in [2.24, 2.45) is 11.8 Å². The first kappa shape index (κ1) is 37.1. The molecule has 3 aliphatic rings. The number of nitrogens with one attached hydrogen (secondary N) is 2. The first-order chi connectivity index (χ1) is 23.2. The molecule has 5 rings (SSSR count). The van der Waals surface area contributed by atoms with Crippen molar-refractivity contribution in [3.8, 4) is 17.2 Å². The third-order valence-corrected chi connectivity index (χ3v) is 10.9. The van der Waals surface area contributed by atoms with Gasteiger partial charge in [0.1, 0.15) is 18.5 Å². The zero-order chi connectivity index (χ0) is 35.3. The summed E-state index contributed by atoms with van der Waals surface area (Å²) in [6.07, 6.45) is -1.18. The summed E-state index contributed by atoms with van der Waals surface area (Å²) in [6, 6.07) is 9.82. The number of carbonyl (C=O) groups is 1. The van der Waals surface area contributed by atoms with Crippen LogP contribution in [0, 0.1) is 11.8 Å². The summed E-state index contributed by atoms with van der Waals surface area (Å²) in [5.74, 6) is 1.07. The predicted octanol–water partition coefficient (Wildman–Crippen LogP) is 1.84. The second-order valence-electron chi connectivity index (χ2n) is 13.0. The molecule has 6 atom stereocenters. The zero-order valence-corrected chi connectivity index (χ0v) is 29.6. The minimum absolute atomic E-state index is 0.00919. The Bertz CT molecular complexity index is 1660. The van der Waals surface area contributed by atoms with E-state index in [1.54, 1.807) is 31.2 Å². The number of aliphatic hydroxyl groups excluding tert-OH is 1. The lowest BCUT2D eigenvalue weighted by molar-refractivity contribution is -0.0907. The van der Waals surface area contributed by atoms with Crippen LogP contribution in [0.3, 0.4) is 0 Å². The lowest BCUT2D eigenvalue weighted by Gasteiger charge is -2.31. The standard InChI is InChI=1S/C32H45N3O12S2/c1-20(2)15-35(49(40,41)24-9-10-28-29(14-24)46-19-45-28)16-27(36)26(33-32(37)47-30-18-44-31-25(30)11-12-42-31)13-22-5-7-23(8-6-22)43-17-21(3)34-48(4,38)39/h5-10,14,20-21,25-27,30-31,34,36H,11-13,15-19H2,1-4H3,(H,33,37)/t21?,25-,26-,27+,30-,31+/m0/s1. The van der Waals surface area contributed by atoms with E-state index in [-0.39, 0.29) is 56.2 Å². The maximum Gasteiger partial charge on any atom is 0.407 e. The van der Waals surface area contributed by atoms with Crippen LogP contribution in [-0.4, -0.2) is 109 Å². The molecule has 0 aliphatic carbocycles. The van der Waals surface area contributed by atoms with Gasteiger partial charge in [0.15, 0.2) is 17.8 Å². The third-order valence-electron chi connectivity index (χ3n) is 8.25. The van der Waals surface area contributed by atoms with Crippen molar-refractivity contribution in [1.29, 1.82) is 0 Å². The van der Waals surface area contributed by atoms with Crippen LogP contribution in [0.1, 0.15) is 32.8 Å². The highest BCUT2D eigenvalue weighted by molar-refractivity contribution is 7.89. The highest BCUT2D eigenvalue weighted by Gasteiger charge is 2.44. The average molecular weight is 728 g/mol. The van der Waals surface area contributed by atoms with Gasteiger partial charge in [0, 0.05) is 19.2 Å². The van der Waals surface area contributed by atoms with E-state index in [0.717, 1.165) is 6.26 Å². The molecule has 3 N–H and O–H groups in total. The molecule has 0 aromatic heterocycles. The number of hydrogen-bond acceptors (Lipinski definition) is 12. The van der Waals surface area contributed by atoms with Gasteiger partial charge >= 0.3 is 6.09 Å². The van der Waals surface area contributed by atoms with Crippen LogP contribution in [-0.2, 0) is 40.7 Å². The van der Waals surface area contributed by atoms with Crippen LogP contribution in [0.15, 0.2) is 47.4 Å². The molecule has 17 heteroatoms. The van der Waals surface area contributed by atoms with Crippen molar-refractivity contribution in [2.75, 3.05) is 46.0 Å². The molecule has 0 bridgehead atoms. The fourth-order valence-electron chi connectivity index (χ4n) is 5.95. The summed E-state index contributed by atoms with van der Waals surface area (Å²) in [7, 11) is -7.49. The largest absolute Gasteiger partial charge is 0.492 e. The minimum Gasteiger partial charge on any atom is -0.492 e. The van der Waals surface area contributed by atoms with E-state index in [9.17, 15) is 26.7 Å². The van der Waals surface area contributed by atoms with Crippen LogP contribution in [0.2, 0.25) is 0 Å². The van der Waals surface area contributed by atoms with Gasteiger partial charge in [-0.05, 0) is 55.5 Å². The second-order valence-corrected chi connectivity index (χ2v) is 16.7. The number of carbonyl (C=O) groups excluding carboxylic acids is 1. The van der Waals surface area contributed by atoms with Crippen molar-refractivity contribution in [3.63, 3.8) is 0 Å². The van der Waals surface area contributed by atoms with Gasteiger partial charge in [-0.1, -0.05) is 26.0 Å². The Labute approximate surface area is 287 Å². The van der Waals surface area contributed by atoms with E-state index >= 15 is 0 Å². The van der Waals surface area contributed by atoms with Crippen molar-refractivity contribution in [1.82, 2.24) is 14.3 Å². The Hall–Kier alpha value is -3.19. The van der Waals surface area contributed by atoms with Crippen LogP contribution in [0.5, 0.6) is 17.2 Å². The summed E-state index contributed by atoms with van der Waals surface area (Å²) in [5.41, 5.74) is 0.710. The molecule has 2 saturated heterocycles.